The van der Waals surface area contributed by atoms with Crippen LogP contribution in [0.5, 0.6) is 23.0 Å². The average molecular weight is 1230 g/mol. The van der Waals surface area contributed by atoms with E-state index in [4.69, 9.17) is 23.7 Å². The normalized spacial score (nSPS) is 13.4. The fraction of sp³-hybridized carbons (Fsp3) is 0.212. The molecule has 12 aromatic rings. The van der Waals surface area contributed by atoms with E-state index >= 15 is 4.79 Å². The maximum absolute atomic E-state index is 15.1. The van der Waals surface area contributed by atoms with Crippen LogP contribution in [-0.4, -0.2) is 83.5 Å². The molecular formula is C80H70N4O9. The Morgan fingerprint density at radius 3 is 1.19 bits per heavy atom. The predicted octanol–water partition coefficient (Wildman–Crippen LogP) is 15.6. The van der Waals surface area contributed by atoms with Gasteiger partial charge in [-0.15, -0.1) is 0 Å². The summed E-state index contributed by atoms with van der Waals surface area (Å²) in [6.45, 7) is 4.43. The maximum Gasteiger partial charge on any atom is 0.307 e. The van der Waals surface area contributed by atoms with Crippen molar-refractivity contribution in [3.8, 4) is 45.3 Å². The zero-order valence-electron chi connectivity index (χ0n) is 52.7. The number of benzene rings is 10. The van der Waals surface area contributed by atoms with Gasteiger partial charge in [0.05, 0.1) is 75.7 Å². The Kier molecular flexibility index (Phi) is 15.3. The number of nitrogens with zero attached hydrogens (tertiary/aromatic N) is 4. The van der Waals surface area contributed by atoms with Gasteiger partial charge >= 0.3 is 5.97 Å². The fourth-order valence-electron chi connectivity index (χ4n) is 15.4. The van der Waals surface area contributed by atoms with E-state index in [2.05, 4.69) is 124 Å². The fourth-order valence-corrected chi connectivity index (χ4v) is 15.4. The van der Waals surface area contributed by atoms with Gasteiger partial charge in [-0.1, -0.05) is 133 Å². The highest BCUT2D eigenvalue weighted by Crippen LogP contribution is 2.54. The molecule has 4 aliphatic rings. The van der Waals surface area contributed by atoms with E-state index in [0.717, 1.165) is 146 Å². The molecule has 2 aliphatic carbocycles. The number of fused-ring (bicyclic) bond motifs is 20. The molecule has 2 aromatic heterocycles. The number of para-hydroxylation sites is 2. The van der Waals surface area contributed by atoms with Crippen molar-refractivity contribution in [2.75, 3.05) is 41.7 Å². The molecule has 0 fully saturated rings. The van der Waals surface area contributed by atoms with Crippen LogP contribution in [0.1, 0.15) is 108 Å². The molecule has 0 radical (unpaired) electrons. The van der Waals surface area contributed by atoms with Crippen LogP contribution in [-0.2, 0) is 48.6 Å². The van der Waals surface area contributed by atoms with Crippen molar-refractivity contribution in [3.05, 3.63) is 261 Å². The van der Waals surface area contributed by atoms with Gasteiger partial charge in [-0.3, -0.25) is 14.4 Å². The van der Waals surface area contributed by atoms with E-state index in [1.54, 1.807) is 28.4 Å². The Morgan fingerprint density at radius 1 is 0.452 bits per heavy atom. The minimum Gasteiger partial charge on any atom is -0.497 e. The van der Waals surface area contributed by atoms with Crippen molar-refractivity contribution < 1.29 is 43.2 Å². The largest absolute Gasteiger partial charge is 0.497 e. The van der Waals surface area contributed by atoms with Gasteiger partial charge in [-0.25, -0.2) is 0 Å². The second kappa shape index (κ2) is 24.2. The molecule has 4 heterocycles. The minimum atomic E-state index is -0.346. The molecular weight excluding hydrogens is 1160 g/mol. The summed E-state index contributed by atoms with van der Waals surface area (Å²) in [5.74, 6) is 2.91. The lowest BCUT2D eigenvalue weighted by Gasteiger charge is -2.29. The summed E-state index contributed by atoms with van der Waals surface area (Å²) >= 11 is 0. The molecule has 1 N–H and O–H groups in total. The number of esters is 1. The molecule has 13 nitrogen and oxygen atoms in total. The van der Waals surface area contributed by atoms with E-state index in [-0.39, 0.29) is 42.9 Å². The SMILES string of the molecule is CCOC(=O)CCn1c2ccccc2c2c3c(c4c(c21)Cc1ccccc1-4)C(=O)N(C(c1ccc(OC)cc1)c1ccc(OC)cc1)C3.COc1ccc(C(c2ccc(OC)cc2)N2Cc3c(c4c(c5c3c3ccccc3n5CCCO)Cc3ccccc3-4)C2=O)cc1. The summed E-state index contributed by atoms with van der Waals surface area (Å²) < 4.78 is 31.9. The standard InChI is InChI=1S/C41H36N2O5.C39H34N2O4/c1-4-48-35(44)21-22-42-34-12-8-7-11-31(34)37-33-24-43(41(45)38(33)36-30-10-6-5-9-27(30)23-32(36)40(37)42)39(25-13-17-28(46-2)18-14-25)26-15-19-29(47-3)20-16-26;1-44-27-16-12-24(13-17-27)37(25-14-18-28(45-2)19-15-25)41-23-32-35-30-10-5-6-11-33(30)40(20-7-21-42)38(35)31-22-26-8-3-4-9-29(26)34(31)36(32)39(41)43/h5-20,39H,4,21-24H2,1-3H3;3-6,8-19,37,42H,7,20-23H2,1-2H3. The zero-order valence-corrected chi connectivity index (χ0v) is 52.7. The number of rotatable bonds is 17. The number of hydrogen-bond donors (Lipinski definition) is 1. The highest BCUT2D eigenvalue weighted by molar-refractivity contribution is 6.22. The molecule has 0 atom stereocenters. The highest BCUT2D eigenvalue weighted by Gasteiger charge is 2.44. The van der Waals surface area contributed by atoms with Gasteiger partial charge in [0.1, 0.15) is 23.0 Å². The number of carbonyl (C=O) groups excluding carboxylic acids is 3. The van der Waals surface area contributed by atoms with Crippen molar-refractivity contribution in [1.29, 1.82) is 0 Å². The number of amides is 2. The third-order valence-corrected chi connectivity index (χ3v) is 19.5. The number of hydrogen-bond acceptors (Lipinski definition) is 9. The minimum absolute atomic E-state index is 0.0137. The summed E-state index contributed by atoms with van der Waals surface area (Å²) in [4.78, 5) is 46.7. The molecule has 13 heteroatoms. The number of carbonyl (C=O) groups is 3. The Hall–Kier alpha value is -10.6. The van der Waals surface area contributed by atoms with Crippen molar-refractivity contribution in [3.63, 3.8) is 0 Å². The molecule has 0 unspecified atom stereocenters. The van der Waals surface area contributed by atoms with E-state index < -0.39 is 0 Å². The van der Waals surface area contributed by atoms with Gasteiger partial charge in [0, 0.05) is 89.3 Å². The van der Waals surface area contributed by atoms with Gasteiger partial charge in [-0.2, -0.15) is 0 Å². The van der Waals surface area contributed by atoms with Crippen molar-refractivity contribution >= 4 is 61.4 Å². The predicted molar refractivity (Wildman–Crippen MR) is 364 cm³/mol. The van der Waals surface area contributed by atoms with Crippen LogP contribution in [0, 0.1) is 0 Å². The van der Waals surface area contributed by atoms with Crippen molar-refractivity contribution in [1.82, 2.24) is 18.9 Å². The lowest BCUT2D eigenvalue weighted by atomic mass is 9.92. The first kappa shape index (κ1) is 58.7. The van der Waals surface area contributed by atoms with Gasteiger partial charge < -0.3 is 47.7 Å². The highest BCUT2D eigenvalue weighted by atomic mass is 16.5. The van der Waals surface area contributed by atoms with Crippen LogP contribution >= 0.6 is 0 Å². The number of aromatic nitrogens is 2. The molecule has 2 aliphatic heterocycles. The average Bonchev–Trinajstić information content (AvgIpc) is 1.54. The van der Waals surface area contributed by atoms with Crippen LogP contribution in [0.2, 0.25) is 0 Å². The van der Waals surface area contributed by atoms with E-state index in [1.807, 2.05) is 95.6 Å². The zero-order chi connectivity index (χ0) is 63.6. The first-order valence-corrected chi connectivity index (χ1v) is 31.9. The van der Waals surface area contributed by atoms with Crippen LogP contribution < -0.4 is 18.9 Å². The molecule has 0 bridgehead atoms. The molecule has 10 aromatic carbocycles. The van der Waals surface area contributed by atoms with Crippen molar-refractivity contribution in [2.24, 2.45) is 0 Å². The van der Waals surface area contributed by atoms with E-state index in [0.29, 0.717) is 39.2 Å². The molecule has 0 saturated carbocycles. The quantitative estimate of drug-likeness (QED) is 0.0885. The summed E-state index contributed by atoms with van der Waals surface area (Å²) in [6.07, 6.45) is 2.42. The lowest BCUT2D eigenvalue weighted by Crippen LogP contribution is -2.30. The summed E-state index contributed by atoms with van der Waals surface area (Å²) in [7, 11) is 6.64. The number of methoxy groups -OCH3 is 4. The third kappa shape index (κ3) is 9.74. The van der Waals surface area contributed by atoms with Crippen molar-refractivity contribution in [2.45, 2.75) is 70.9 Å². The second-order valence-corrected chi connectivity index (χ2v) is 24.3. The number of aryl methyl sites for hydroxylation is 2. The monoisotopic (exact) mass is 1230 g/mol. The topological polar surface area (TPSA) is 134 Å². The number of aliphatic hydroxyl groups excluding tert-OH is 1. The smallest absolute Gasteiger partial charge is 0.307 e. The van der Waals surface area contributed by atoms with Gasteiger partial charge in [-0.05, 0) is 141 Å². The van der Waals surface area contributed by atoms with Crippen LogP contribution in [0.4, 0.5) is 0 Å². The first-order valence-electron chi connectivity index (χ1n) is 31.9. The first-order chi connectivity index (χ1) is 45.6. The Balaban J connectivity index is 0.000000154. The number of ether oxygens (including phenoxy) is 5. The van der Waals surface area contributed by atoms with E-state index in [9.17, 15) is 14.7 Å². The Morgan fingerprint density at radius 2 is 0.817 bits per heavy atom. The molecule has 2 amide bonds. The summed E-state index contributed by atoms with van der Waals surface area (Å²) in [5.41, 5.74) is 21.3. The summed E-state index contributed by atoms with van der Waals surface area (Å²) in [6, 6.07) is 65.1. The van der Waals surface area contributed by atoms with Crippen LogP contribution in [0.3, 0.4) is 0 Å². The van der Waals surface area contributed by atoms with Gasteiger partial charge in [0.15, 0.2) is 0 Å². The van der Waals surface area contributed by atoms with Crippen LogP contribution in [0.15, 0.2) is 194 Å². The molecule has 93 heavy (non-hydrogen) atoms. The molecule has 464 valence electrons. The second-order valence-electron chi connectivity index (χ2n) is 24.3. The molecule has 0 spiro atoms. The van der Waals surface area contributed by atoms with Gasteiger partial charge in [0.2, 0.25) is 0 Å². The third-order valence-electron chi connectivity index (χ3n) is 19.5. The van der Waals surface area contributed by atoms with Crippen LogP contribution in [0.25, 0.3) is 65.9 Å². The van der Waals surface area contributed by atoms with E-state index in [1.165, 1.54) is 22.2 Å². The number of aliphatic hydroxyl groups is 1. The Labute approximate surface area is 539 Å². The molecule has 0 saturated heterocycles. The maximum atomic E-state index is 15.1. The molecule has 16 rings (SSSR count). The lowest BCUT2D eigenvalue weighted by molar-refractivity contribution is -0.143. The van der Waals surface area contributed by atoms with Gasteiger partial charge in [0.25, 0.3) is 11.8 Å². The summed E-state index contributed by atoms with van der Waals surface area (Å²) in [5, 5.41) is 14.3. The Bertz CT molecular complexity index is 4840.